The van der Waals surface area contributed by atoms with Crippen molar-refractivity contribution in [2.45, 2.75) is 18.7 Å². The maximum Gasteiger partial charge on any atom is 0.422 e. The fourth-order valence-electron chi connectivity index (χ4n) is 2.61. The van der Waals surface area contributed by atoms with Crippen LogP contribution in [0.15, 0.2) is 48.7 Å². The number of rotatable bonds is 3. The SMILES string of the molecule is C[C@@](O)(c1nncc2cc(-c3cccc(C(N)=O)c3)ccc12)C(F)(F)F. The monoisotopic (exact) mass is 361 g/mol. The fourth-order valence-corrected chi connectivity index (χ4v) is 2.61. The minimum atomic E-state index is -4.90. The van der Waals surface area contributed by atoms with Gasteiger partial charge in [-0.15, -0.1) is 0 Å². The van der Waals surface area contributed by atoms with Crippen molar-refractivity contribution < 1.29 is 23.1 Å². The number of amides is 1. The molecule has 8 heteroatoms. The molecule has 0 unspecified atom stereocenters. The maximum atomic E-state index is 13.1. The summed E-state index contributed by atoms with van der Waals surface area (Å²) in [6, 6.07) is 11.2. The minimum Gasteiger partial charge on any atom is -0.375 e. The van der Waals surface area contributed by atoms with Gasteiger partial charge in [-0.3, -0.25) is 4.79 Å². The number of benzene rings is 2. The lowest BCUT2D eigenvalue weighted by molar-refractivity contribution is -0.260. The number of hydrogen-bond acceptors (Lipinski definition) is 4. The van der Waals surface area contributed by atoms with E-state index in [2.05, 4.69) is 10.2 Å². The van der Waals surface area contributed by atoms with Gasteiger partial charge in [-0.05, 0) is 36.2 Å². The molecule has 3 N–H and O–H groups in total. The molecule has 0 saturated heterocycles. The average Bonchev–Trinajstić information content (AvgIpc) is 2.59. The van der Waals surface area contributed by atoms with Crippen LogP contribution in [0, 0.1) is 0 Å². The standard InChI is InChI=1S/C18H14F3N3O2/c1-17(26,18(19,20)21)15-14-6-5-11(8-13(14)9-23-24-15)10-3-2-4-12(7-10)16(22)25/h2-9,26H,1H3,(H2,22,25)/t17-/m1/s1. The van der Waals surface area contributed by atoms with Crippen LogP contribution in [0.3, 0.4) is 0 Å². The molecule has 0 aliphatic carbocycles. The van der Waals surface area contributed by atoms with Crippen LogP contribution in [-0.2, 0) is 5.60 Å². The third kappa shape index (κ3) is 2.99. The van der Waals surface area contributed by atoms with Crippen molar-refractivity contribution in [3.8, 4) is 11.1 Å². The first-order valence-corrected chi connectivity index (χ1v) is 7.56. The van der Waals surface area contributed by atoms with E-state index in [4.69, 9.17) is 5.73 Å². The van der Waals surface area contributed by atoms with Crippen molar-refractivity contribution in [1.29, 1.82) is 0 Å². The highest BCUT2D eigenvalue weighted by atomic mass is 19.4. The zero-order valence-corrected chi connectivity index (χ0v) is 13.6. The van der Waals surface area contributed by atoms with Gasteiger partial charge in [0.05, 0.1) is 6.20 Å². The number of nitrogens with two attached hydrogens (primary N) is 1. The second-order valence-electron chi connectivity index (χ2n) is 6.01. The summed E-state index contributed by atoms with van der Waals surface area (Å²) >= 11 is 0. The van der Waals surface area contributed by atoms with Gasteiger partial charge in [0.15, 0.2) is 0 Å². The van der Waals surface area contributed by atoms with Gasteiger partial charge in [-0.25, -0.2) is 0 Å². The van der Waals surface area contributed by atoms with E-state index in [1.807, 2.05) is 0 Å². The first-order chi connectivity index (χ1) is 12.1. The van der Waals surface area contributed by atoms with E-state index >= 15 is 0 Å². The van der Waals surface area contributed by atoms with E-state index < -0.39 is 23.4 Å². The van der Waals surface area contributed by atoms with E-state index in [9.17, 15) is 23.1 Å². The summed E-state index contributed by atoms with van der Waals surface area (Å²) in [5.41, 5.74) is 3.21. The molecule has 0 radical (unpaired) electrons. The smallest absolute Gasteiger partial charge is 0.375 e. The highest BCUT2D eigenvalue weighted by Crippen LogP contribution is 2.40. The molecule has 5 nitrogen and oxygen atoms in total. The number of carbonyl (C=O) groups is 1. The number of nitrogens with zero attached hydrogens (tertiary/aromatic N) is 2. The van der Waals surface area contributed by atoms with Gasteiger partial charge in [0.2, 0.25) is 11.5 Å². The Kier molecular flexibility index (Phi) is 4.15. The number of hydrogen-bond donors (Lipinski definition) is 2. The van der Waals surface area contributed by atoms with Crippen molar-refractivity contribution in [3.05, 3.63) is 59.9 Å². The first kappa shape index (κ1) is 17.8. The second-order valence-corrected chi connectivity index (χ2v) is 6.01. The Labute approximate surface area is 146 Å². The number of carbonyl (C=O) groups excluding carboxylic acids is 1. The lowest BCUT2D eigenvalue weighted by atomic mass is 9.94. The van der Waals surface area contributed by atoms with Gasteiger partial charge < -0.3 is 10.8 Å². The molecule has 1 atom stereocenters. The third-order valence-electron chi connectivity index (χ3n) is 4.15. The van der Waals surface area contributed by atoms with Gasteiger partial charge in [-0.1, -0.05) is 24.3 Å². The molecular weight excluding hydrogens is 347 g/mol. The Balaban J connectivity index is 2.15. The van der Waals surface area contributed by atoms with Gasteiger partial charge in [0, 0.05) is 16.3 Å². The summed E-state index contributed by atoms with van der Waals surface area (Å²) in [7, 11) is 0. The van der Waals surface area contributed by atoms with E-state index in [1.165, 1.54) is 12.3 Å². The van der Waals surface area contributed by atoms with Crippen LogP contribution in [0.25, 0.3) is 21.9 Å². The van der Waals surface area contributed by atoms with Gasteiger partial charge in [-0.2, -0.15) is 23.4 Å². The molecule has 26 heavy (non-hydrogen) atoms. The quantitative estimate of drug-likeness (QED) is 0.750. The topological polar surface area (TPSA) is 89.1 Å². The molecule has 0 saturated carbocycles. The van der Waals surface area contributed by atoms with Crippen LogP contribution in [-0.4, -0.2) is 27.4 Å². The van der Waals surface area contributed by atoms with E-state index in [0.29, 0.717) is 29.0 Å². The van der Waals surface area contributed by atoms with Crippen molar-refractivity contribution in [3.63, 3.8) is 0 Å². The van der Waals surface area contributed by atoms with Crippen LogP contribution >= 0.6 is 0 Å². The molecular formula is C18H14F3N3O2. The van der Waals surface area contributed by atoms with Crippen molar-refractivity contribution >= 4 is 16.7 Å². The van der Waals surface area contributed by atoms with E-state index in [-0.39, 0.29) is 5.39 Å². The predicted molar refractivity (Wildman–Crippen MR) is 89.1 cm³/mol. The maximum absolute atomic E-state index is 13.1. The number of fused-ring (bicyclic) bond motifs is 1. The second kappa shape index (κ2) is 6.06. The van der Waals surface area contributed by atoms with E-state index in [0.717, 1.165) is 0 Å². The third-order valence-corrected chi connectivity index (χ3v) is 4.15. The summed E-state index contributed by atoms with van der Waals surface area (Å²) in [4.78, 5) is 11.3. The lowest BCUT2D eigenvalue weighted by Gasteiger charge is -2.26. The number of aliphatic hydroxyl groups is 1. The summed E-state index contributed by atoms with van der Waals surface area (Å²) in [5.74, 6) is -0.581. The van der Waals surface area contributed by atoms with Crippen LogP contribution in [0.2, 0.25) is 0 Å². The molecule has 1 amide bonds. The van der Waals surface area contributed by atoms with Crippen molar-refractivity contribution in [2.75, 3.05) is 0 Å². The molecule has 0 fully saturated rings. The van der Waals surface area contributed by atoms with E-state index in [1.54, 1.807) is 36.4 Å². The number of aromatic nitrogens is 2. The molecule has 2 aromatic carbocycles. The molecule has 3 rings (SSSR count). The largest absolute Gasteiger partial charge is 0.422 e. The fraction of sp³-hybridized carbons (Fsp3) is 0.167. The first-order valence-electron chi connectivity index (χ1n) is 7.56. The Bertz CT molecular complexity index is 1000. The molecule has 1 heterocycles. The summed E-state index contributed by atoms with van der Waals surface area (Å²) in [6.45, 7) is 0.640. The summed E-state index contributed by atoms with van der Waals surface area (Å²) in [5, 5.41) is 17.5. The molecule has 0 aliphatic heterocycles. The summed E-state index contributed by atoms with van der Waals surface area (Å²) in [6.07, 6.45) is -3.59. The molecule has 134 valence electrons. The van der Waals surface area contributed by atoms with Crippen molar-refractivity contribution in [2.24, 2.45) is 5.73 Å². The van der Waals surface area contributed by atoms with Crippen molar-refractivity contribution in [1.82, 2.24) is 10.2 Å². The Hall–Kier alpha value is -3.00. The van der Waals surface area contributed by atoms with Crippen LogP contribution in [0.4, 0.5) is 13.2 Å². The van der Waals surface area contributed by atoms with Crippen LogP contribution in [0.1, 0.15) is 23.0 Å². The molecule has 3 aromatic rings. The van der Waals surface area contributed by atoms with Gasteiger partial charge in [0.25, 0.3) is 0 Å². The zero-order chi connectivity index (χ0) is 19.1. The number of alkyl halides is 3. The minimum absolute atomic E-state index is 0.136. The van der Waals surface area contributed by atoms with Gasteiger partial charge >= 0.3 is 6.18 Å². The Morgan fingerprint density at radius 3 is 2.46 bits per heavy atom. The van der Waals surface area contributed by atoms with Gasteiger partial charge in [0.1, 0.15) is 5.69 Å². The molecule has 0 aliphatic rings. The summed E-state index contributed by atoms with van der Waals surface area (Å²) < 4.78 is 39.4. The Morgan fingerprint density at radius 1 is 1.12 bits per heavy atom. The van der Waals surface area contributed by atoms with Crippen LogP contribution < -0.4 is 5.73 Å². The lowest BCUT2D eigenvalue weighted by Crippen LogP contribution is -2.40. The average molecular weight is 361 g/mol. The van der Waals surface area contributed by atoms with Crippen LogP contribution in [0.5, 0.6) is 0 Å². The molecule has 0 spiro atoms. The number of primary amides is 1. The highest BCUT2D eigenvalue weighted by molar-refractivity contribution is 5.95. The Morgan fingerprint density at radius 2 is 1.81 bits per heavy atom. The predicted octanol–water partition coefficient (Wildman–Crippen LogP) is 3.17. The molecule has 1 aromatic heterocycles. The normalized spacial score (nSPS) is 14.2. The zero-order valence-electron chi connectivity index (χ0n) is 13.6. The highest BCUT2D eigenvalue weighted by Gasteiger charge is 2.53. The number of halogens is 3. The molecule has 0 bridgehead atoms.